The van der Waals surface area contributed by atoms with Crippen molar-refractivity contribution in [3.8, 4) is 0 Å². The SMILES string of the molecule is C(=Cc1ccc(N(c2ccccc2)c2ccc3ccccc3c2)cc1)C1=CCC(c2ccccc2)C=C1. The summed E-state index contributed by atoms with van der Waals surface area (Å²) in [6.07, 6.45) is 12.3. The molecule has 0 saturated heterocycles. The monoisotopic (exact) mass is 475 g/mol. The van der Waals surface area contributed by atoms with E-state index in [1.54, 1.807) is 0 Å². The molecule has 0 aromatic heterocycles. The molecular formula is C36H29N. The van der Waals surface area contributed by atoms with Gasteiger partial charge < -0.3 is 4.90 Å². The Hall–Kier alpha value is -4.62. The van der Waals surface area contributed by atoms with E-state index in [0.29, 0.717) is 5.92 Å². The zero-order valence-corrected chi connectivity index (χ0v) is 20.7. The van der Waals surface area contributed by atoms with E-state index < -0.39 is 0 Å². The highest BCUT2D eigenvalue weighted by Crippen LogP contribution is 2.36. The molecule has 0 aliphatic heterocycles. The second-order valence-corrected chi connectivity index (χ2v) is 9.44. The molecule has 0 bridgehead atoms. The number of fused-ring (bicyclic) bond motifs is 1. The third kappa shape index (κ3) is 5.17. The van der Waals surface area contributed by atoms with Crippen LogP contribution in [-0.2, 0) is 0 Å². The lowest BCUT2D eigenvalue weighted by Crippen LogP contribution is -2.09. The quantitative estimate of drug-likeness (QED) is 0.236. The molecule has 1 unspecified atom stereocenters. The Balaban J connectivity index is 1.23. The first-order chi connectivity index (χ1) is 18.3. The summed E-state index contributed by atoms with van der Waals surface area (Å²) in [6.45, 7) is 0. The van der Waals surface area contributed by atoms with E-state index in [9.17, 15) is 0 Å². The maximum atomic E-state index is 2.33. The van der Waals surface area contributed by atoms with Crippen LogP contribution in [0.15, 0.2) is 157 Å². The Labute approximate surface area is 219 Å². The highest BCUT2D eigenvalue weighted by atomic mass is 15.1. The molecule has 37 heavy (non-hydrogen) atoms. The van der Waals surface area contributed by atoms with Gasteiger partial charge in [0.2, 0.25) is 0 Å². The summed E-state index contributed by atoms with van der Waals surface area (Å²) < 4.78 is 0. The average Bonchev–Trinajstić information content (AvgIpc) is 2.98. The maximum Gasteiger partial charge on any atom is 0.0468 e. The third-order valence-corrected chi connectivity index (χ3v) is 6.98. The molecule has 0 N–H and O–H groups in total. The van der Waals surface area contributed by atoms with Crippen LogP contribution in [0.1, 0.15) is 23.5 Å². The average molecular weight is 476 g/mol. The van der Waals surface area contributed by atoms with E-state index in [2.05, 4.69) is 163 Å². The van der Waals surface area contributed by atoms with Crippen LogP contribution in [0.5, 0.6) is 0 Å². The molecule has 5 aromatic rings. The number of hydrogen-bond acceptors (Lipinski definition) is 1. The van der Waals surface area contributed by atoms with Gasteiger partial charge >= 0.3 is 0 Å². The van der Waals surface area contributed by atoms with Crippen molar-refractivity contribution in [1.82, 2.24) is 0 Å². The smallest absolute Gasteiger partial charge is 0.0468 e. The van der Waals surface area contributed by atoms with Crippen LogP contribution in [0.2, 0.25) is 0 Å². The predicted octanol–water partition coefficient (Wildman–Crippen LogP) is 9.99. The molecule has 0 radical (unpaired) electrons. The predicted molar refractivity (Wildman–Crippen MR) is 159 cm³/mol. The molecule has 1 aliphatic carbocycles. The van der Waals surface area contributed by atoms with Crippen LogP contribution in [0.25, 0.3) is 16.8 Å². The van der Waals surface area contributed by atoms with Crippen LogP contribution >= 0.6 is 0 Å². The molecule has 178 valence electrons. The molecule has 0 heterocycles. The van der Waals surface area contributed by atoms with Gasteiger partial charge in [0.05, 0.1) is 0 Å². The van der Waals surface area contributed by atoms with E-state index in [1.807, 2.05) is 0 Å². The summed E-state index contributed by atoms with van der Waals surface area (Å²) >= 11 is 0. The first-order valence-electron chi connectivity index (χ1n) is 12.9. The third-order valence-electron chi connectivity index (χ3n) is 6.98. The first kappa shape index (κ1) is 22.8. The molecule has 1 aliphatic rings. The zero-order chi connectivity index (χ0) is 24.9. The van der Waals surface area contributed by atoms with E-state index in [1.165, 1.54) is 27.5 Å². The molecule has 0 fully saturated rings. The summed E-state index contributed by atoms with van der Waals surface area (Å²) in [6, 6.07) is 45.3. The molecule has 0 amide bonds. The van der Waals surface area contributed by atoms with Crippen LogP contribution in [0.4, 0.5) is 17.1 Å². The topological polar surface area (TPSA) is 3.24 Å². The molecule has 1 nitrogen and oxygen atoms in total. The van der Waals surface area contributed by atoms with Gasteiger partial charge in [0.25, 0.3) is 0 Å². The van der Waals surface area contributed by atoms with Crippen molar-refractivity contribution in [2.45, 2.75) is 12.3 Å². The highest BCUT2D eigenvalue weighted by molar-refractivity contribution is 5.89. The van der Waals surface area contributed by atoms with Gasteiger partial charge in [0, 0.05) is 23.0 Å². The number of allylic oxidation sites excluding steroid dienone is 5. The Bertz CT molecular complexity index is 1580. The summed E-state index contributed by atoms with van der Waals surface area (Å²) in [5, 5.41) is 2.49. The van der Waals surface area contributed by atoms with Crippen LogP contribution < -0.4 is 4.90 Å². The summed E-state index contributed by atoms with van der Waals surface area (Å²) in [7, 11) is 0. The molecule has 0 saturated carbocycles. The van der Waals surface area contributed by atoms with Crippen LogP contribution in [-0.4, -0.2) is 0 Å². The number of anilines is 3. The lowest BCUT2D eigenvalue weighted by molar-refractivity contribution is 0.849. The van der Waals surface area contributed by atoms with Crippen molar-refractivity contribution in [2.24, 2.45) is 0 Å². The number of benzene rings is 5. The van der Waals surface area contributed by atoms with Crippen molar-refractivity contribution in [2.75, 3.05) is 4.90 Å². The summed E-state index contributed by atoms with van der Waals surface area (Å²) in [4.78, 5) is 2.32. The van der Waals surface area contributed by atoms with E-state index >= 15 is 0 Å². The van der Waals surface area contributed by atoms with Crippen molar-refractivity contribution < 1.29 is 0 Å². The zero-order valence-electron chi connectivity index (χ0n) is 20.7. The van der Waals surface area contributed by atoms with E-state index in [0.717, 1.165) is 23.5 Å². The number of rotatable bonds is 6. The molecule has 5 aromatic carbocycles. The Morgan fingerprint density at radius 3 is 1.95 bits per heavy atom. The summed E-state index contributed by atoms with van der Waals surface area (Å²) in [5.41, 5.74) is 7.27. The molecular weight excluding hydrogens is 446 g/mol. The van der Waals surface area contributed by atoms with Crippen LogP contribution in [0, 0.1) is 0 Å². The van der Waals surface area contributed by atoms with Gasteiger partial charge in [-0.2, -0.15) is 0 Å². The minimum absolute atomic E-state index is 0.469. The molecule has 1 heteroatoms. The van der Waals surface area contributed by atoms with Crippen molar-refractivity contribution in [1.29, 1.82) is 0 Å². The number of nitrogens with zero attached hydrogens (tertiary/aromatic N) is 1. The molecule has 6 rings (SSSR count). The molecule has 1 atom stereocenters. The standard InChI is InChI=1S/C36H29N/c1-3-9-30(10-4-1)32-21-17-28(18-22-32)15-16-29-19-24-35(25-20-29)37(34-13-5-2-6-14-34)36-26-23-31-11-7-8-12-33(31)27-36/h1-21,23-27,32H,22H2. The van der Waals surface area contributed by atoms with Crippen molar-refractivity contribution in [3.63, 3.8) is 0 Å². The Morgan fingerprint density at radius 1 is 0.568 bits per heavy atom. The van der Waals surface area contributed by atoms with Crippen molar-refractivity contribution in [3.05, 3.63) is 168 Å². The van der Waals surface area contributed by atoms with E-state index in [4.69, 9.17) is 0 Å². The van der Waals surface area contributed by atoms with Gasteiger partial charge in [-0.1, -0.05) is 121 Å². The maximum absolute atomic E-state index is 2.33. The second kappa shape index (κ2) is 10.6. The van der Waals surface area contributed by atoms with Gasteiger partial charge in [0.15, 0.2) is 0 Å². The van der Waals surface area contributed by atoms with Gasteiger partial charge in [-0.15, -0.1) is 0 Å². The fraction of sp³-hybridized carbons (Fsp3) is 0.0556. The minimum atomic E-state index is 0.469. The fourth-order valence-corrected chi connectivity index (χ4v) is 4.97. The molecule has 0 spiro atoms. The van der Waals surface area contributed by atoms with Gasteiger partial charge in [0.1, 0.15) is 0 Å². The highest BCUT2D eigenvalue weighted by Gasteiger charge is 2.13. The second-order valence-electron chi connectivity index (χ2n) is 9.44. The van der Waals surface area contributed by atoms with Gasteiger partial charge in [-0.05, 0) is 70.3 Å². The van der Waals surface area contributed by atoms with E-state index in [-0.39, 0.29) is 0 Å². The number of para-hydroxylation sites is 1. The lowest BCUT2D eigenvalue weighted by atomic mass is 9.90. The Morgan fingerprint density at radius 2 is 1.22 bits per heavy atom. The van der Waals surface area contributed by atoms with Gasteiger partial charge in [-0.25, -0.2) is 0 Å². The van der Waals surface area contributed by atoms with Gasteiger partial charge in [-0.3, -0.25) is 0 Å². The normalized spacial score (nSPS) is 15.1. The van der Waals surface area contributed by atoms with Crippen LogP contribution in [0.3, 0.4) is 0 Å². The van der Waals surface area contributed by atoms with Crippen molar-refractivity contribution >= 4 is 33.9 Å². The minimum Gasteiger partial charge on any atom is -0.310 e. The Kier molecular flexibility index (Phi) is 6.51. The fourth-order valence-electron chi connectivity index (χ4n) is 4.97. The lowest BCUT2D eigenvalue weighted by Gasteiger charge is -2.26. The first-order valence-corrected chi connectivity index (χ1v) is 12.9. The number of hydrogen-bond donors (Lipinski definition) is 0. The summed E-state index contributed by atoms with van der Waals surface area (Å²) in [5.74, 6) is 0.469. The largest absolute Gasteiger partial charge is 0.310 e.